The van der Waals surface area contributed by atoms with Crippen molar-refractivity contribution in [1.29, 1.82) is 0 Å². The molecule has 7 nitrogen and oxygen atoms in total. The zero-order valence-electron chi connectivity index (χ0n) is 15.4. The highest BCUT2D eigenvalue weighted by Crippen LogP contribution is 2.17. The maximum atomic E-state index is 12.3. The fourth-order valence-corrected chi connectivity index (χ4v) is 2.45. The number of carbonyl (C=O) groups is 1. The first kappa shape index (κ1) is 19.8. The van der Waals surface area contributed by atoms with Crippen LogP contribution in [0.2, 0.25) is 0 Å². The standard InChI is InChI=1S/C19H26N4O3/c1-13(2)14-4-6-15(7-5-14)16(20)12-21-19(25)17-8-9-18(24)23(22-17)10-11-26-3/h4-9,13,16H,10-12,20H2,1-3H3,(H,21,25). The van der Waals surface area contributed by atoms with Gasteiger partial charge in [-0.2, -0.15) is 5.10 Å². The molecule has 1 aromatic carbocycles. The third kappa shape index (κ3) is 5.24. The minimum Gasteiger partial charge on any atom is -0.383 e. The number of nitrogens with zero attached hydrogens (tertiary/aromatic N) is 2. The van der Waals surface area contributed by atoms with Crippen molar-refractivity contribution in [2.45, 2.75) is 32.4 Å². The molecule has 0 saturated heterocycles. The van der Waals surface area contributed by atoms with Crippen molar-refractivity contribution < 1.29 is 9.53 Å². The predicted octanol–water partition coefficient (Wildman–Crippen LogP) is 1.44. The van der Waals surface area contributed by atoms with Crippen molar-refractivity contribution in [2.24, 2.45) is 5.73 Å². The summed E-state index contributed by atoms with van der Waals surface area (Å²) in [4.78, 5) is 24.0. The molecule has 1 aromatic heterocycles. The van der Waals surface area contributed by atoms with Gasteiger partial charge in [0.2, 0.25) is 0 Å². The lowest BCUT2D eigenvalue weighted by Gasteiger charge is -2.14. The van der Waals surface area contributed by atoms with Gasteiger partial charge in [0.1, 0.15) is 5.69 Å². The maximum absolute atomic E-state index is 12.3. The largest absolute Gasteiger partial charge is 0.383 e. The van der Waals surface area contributed by atoms with Gasteiger partial charge in [0.25, 0.3) is 11.5 Å². The molecule has 2 rings (SSSR count). The molecule has 1 heterocycles. The molecule has 0 aliphatic carbocycles. The molecule has 3 N–H and O–H groups in total. The SMILES string of the molecule is COCCn1nc(C(=O)NCC(N)c2ccc(C(C)C)cc2)ccc1=O. The molecule has 0 bridgehead atoms. The van der Waals surface area contributed by atoms with E-state index in [-0.39, 0.29) is 36.3 Å². The van der Waals surface area contributed by atoms with E-state index in [1.807, 2.05) is 12.1 Å². The van der Waals surface area contributed by atoms with E-state index < -0.39 is 0 Å². The second kappa shape index (κ2) is 9.26. The maximum Gasteiger partial charge on any atom is 0.271 e. The number of methoxy groups -OCH3 is 1. The minimum absolute atomic E-state index is 0.169. The summed E-state index contributed by atoms with van der Waals surface area (Å²) in [6.45, 7) is 5.18. The van der Waals surface area contributed by atoms with Crippen molar-refractivity contribution >= 4 is 5.91 Å². The molecule has 7 heteroatoms. The molecule has 0 fully saturated rings. The number of benzene rings is 1. The van der Waals surface area contributed by atoms with Crippen LogP contribution in [-0.2, 0) is 11.3 Å². The monoisotopic (exact) mass is 358 g/mol. The number of rotatable bonds is 8. The normalized spacial score (nSPS) is 12.2. The summed E-state index contributed by atoms with van der Waals surface area (Å²) < 4.78 is 6.15. The minimum atomic E-state index is -0.370. The molecule has 140 valence electrons. The van der Waals surface area contributed by atoms with E-state index in [0.29, 0.717) is 12.5 Å². The van der Waals surface area contributed by atoms with E-state index in [1.54, 1.807) is 0 Å². The molecule has 0 radical (unpaired) electrons. The zero-order chi connectivity index (χ0) is 19.1. The third-order valence-electron chi connectivity index (χ3n) is 4.12. The molecule has 1 unspecified atom stereocenters. The van der Waals surface area contributed by atoms with E-state index >= 15 is 0 Å². The number of ether oxygens (including phenoxy) is 1. The Morgan fingerprint density at radius 3 is 2.46 bits per heavy atom. The van der Waals surface area contributed by atoms with Crippen LogP contribution in [0.25, 0.3) is 0 Å². The van der Waals surface area contributed by atoms with Gasteiger partial charge in [0.05, 0.1) is 13.2 Å². The van der Waals surface area contributed by atoms with Crippen molar-refractivity contribution in [3.8, 4) is 0 Å². The predicted molar refractivity (Wildman–Crippen MR) is 100 cm³/mol. The Labute approximate surface area is 153 Å². The zero-order valence-corrected chi connectivity index (χ0v) is 15.4. The van der Waals surface area contributed by atoms with Crippen LogP contribution < -0.4 is 16.6 Å². The molecular formula is C19H26N4O3. The highest BCUT2D eigenvalue weighted by molar-refractivity contribution is 5.92. The average Bonchev–Trinajstić information content (AvgIpc) is 2.65. The Hall–Kier alpha value is -2.51. The number of nitrogens with two attached hydrogens (primary N) is 1. The topological polar surface area (TPSA) is 99.2 Å². The van der Waals surface area contributed by atoms with Crippen LogP contribution in [0, 0.1) is 0 Å². The number of carbonyl (C=O) groups excluding carboxylic acids is 1. The molecule has 0 aliphatic heterocycles. The van der Waals surface area contributed by atoms with Crippen LogP contribution in [-0.4, -0.2) is 35.9 Å². The van der Waals surface area contributed by atoms with E-state index in [1.165, 1.54) is 29.5 Å². The van der Waals surface area contributed by atoms with Gasteiger partial charge >= 0.3 is 0 Å². The average molecular weight is 358 g/mol. The second-order valence-electron chi connectivity index (χ2n) is 6.41. The third-order valence-corrected chi connectivity index (χ3v) is 4.12. The van der Waals surface area contributed by atoms with Gasteiger partial charge in [0, 0.05) is 25.8 Å². The van der Waals surface area contributed by atoms with Crippen LogP contribution in [0.1, 0.15) is 47.4 Å². The summed E-state index contributed by atoms with van der Waals surface area (Å²) in [5, 5.41) is 6.83. The summed E-state index contributed by atoms with van der Waals surface area (Å²) in [6, 6.07) is 10.5. The van der Waals surface area contributed by atoms with Gasteiger partial charge in [-0.25, -0.2) is 4.68 Å². The highest BCUT2D eigenvalue weighted by atomic mass is 16.5. The number of aromatic nitrogens is 2. The molecule has 0 spiro atoms. The van der Waals surface area contributed by atoms with Crippen LogP contribution in [0.15, 0.2) is 41.2 Å². The number of nitrogens with one attached hydrogen (secondary N) is 1. The quantitative estimate of drug-likeness (QED) is 0.744. The molecule has 2 aromatic rings. The van der Waals surface area contributed by atoms with Crippen LogP contribution >= 0.6 is 0 Å². The van der Waals surface area contributed by atoms with E-state index in [4.69, 9.17) is 10.5 Å². The van der Waals surface area contributed by atoms with Gasteiger partial charge in [-0.1, -0.05) is 38.1 Å². The summed E-state index contributed by atoms with van der Waals surface area (Å²) in [6.07, 6.45) is 0. The number of hydrogen-bond acceptors (Lipinski definition) is 5. The lowest BCUT2D eigenvalue weighted by molar-refractivity contribution is 0.0942. The van der Waals surface area contributed by atoms with E-state index in [0.717, 1.165) is 5.56 Å². The fourth-order valence-electron chi connectivity index (χ4n) is 2.45. The van der Waals surface area contributed by atoms with Gasteiger partial charge in [-0.15, -0.1) is 0 Å². The van der Waals surface area contributed by atoms with Crippen molar-refractivity contribution in [3.63, 3.8) is 0 Å². The molecule has 1 atom stereocenters. The first-order valence-corrected chi connectivity index (χ1v) is 8.63. The Bertz CT molecular complexity index is 784. The molecule has 26 heavy (non-hydrogen) atoms. The van der Waals surface area contributed by atoms with Gasteiger partial charge < -0.3 is 15.8 Å². The number of amides is 1. The molecule has 1 amide bonds. The number of hydrogen-bond donors (Lipinski definition) is 2. The van der Waals surface area contributed by atoms with Crippen LogP contribution in [0.4, 0.5) is 0 Å². The van der Waals surface area contributed by atoms with Crippen LogP contribution in [0.5, 0.6) is 0 Å². The molecule has 0 saturated carbocycles. The summed E-state index contributed by atoms with van der Waals surface area (Å²) >= 11 is 0. The highest BCUT2D eigenvalue weighted by Gasteiger charge is 2.12. The van der Waals surface area contributed by atoms with Crippen LogP contribution in [0.3, 0.4) is 0 Å². The second-order valence-corrected chi connectivity index (χ2v) is 6.41. The van der Waals surface area contributed by atoms with Crippen molar-refractivity contribution in [3.05, 3.63) is 63.6 Å². The van der Waals surface area contributed by atoms with Crippen molar-refractivity contribution in [1.82, 2.24) is 15.1 Å². The first-order valence-electron chi connectivity index (χ1n) is 8.63. The fraction of sp³-hybridized carbons (Fsp3) is 0.421. The Balaban J connectivity index is 1.98. The van der Waals surface area contributed by atoms with E-state index in [2.05, 4.69) is 36.4 Å². The summed E-state index contributed by atoms with van der Waals surface area (Å²) in [5.41, 5.74) is 8.25. The lowest BCUT2D eigenvalue weighted by atomic mass is 9.99. The summed E-state index contributed by atoms with van der Waals surface area (Å²) in [5.74, 6) is 0.0882. The Morgan fingerprint density at radius 1 is 1.19 bits per heavy atom. The van der Waals surface area contributed by atoms with E-state index in [9.17, 15) is 9.59 Å². The lowest BCUT2D eigenvalue weighted by Crippen LogP contribution is -2.34. The molecule has 0 aliphatic rings. The molecular weight excluding hydrogens is 332 g/mol. The Kier molecular flexibility index (Phi) is 7.06. The Morgan fingerprint density at radius 2 is 1.85 bits per heavy atom. The summed E-state index contributed by atoms with van der Waals surface area (Å²) in [7, 11) is 1.54. The smallest absolute Gasteiger partial charge is 0.271 e. The van der Waals surface area contributed by atoms with Gasteiger partial charge in [-0.05, 0) is 23.1 Å². The van der Waals surface area contributed by atoms with Gasteiger partial charge in [0.15, 0.2) is 0 Å². The van der Waals surface area contributed by atoms with Gasteiger partial charge in [-0.3, -0.25) is 9.59 Å². The first-order chi connectivity index (χ1) is 12.4. The van der Waals surface area contributed by atoms with Crippen molar-refractivity contribution in [2.75, 3.05) is 20.3 Å².